The number of carboxylic acids is 3. The average molecular weight is 780 g/mol. The minimum atomic E-state index is -1.62. The third-order valence-electron chi connectivity index (χ3n) is 7.96. The highest BCUT2D eigenvalue weighted by Crippen LogP contribution is 2.10. The summed E-state index contributed by atoms with van der Waals surface area (Å²) in [7, 11) is 0. The molecule has 5 atom stereocenters. The van der Waals surface area contributed by atoms with Crippen LogP contribution in [-0.4, -0.2) is 106 Å². The molecule has 1 aromatic carbocycles. The maximum atomic E-state index is 13.6. The lowest BCUT2D eigenvalue weighted by Crippen LogP contribution is -2.59. The molecule has 20 nitrogen and oxygen atoms in total. The molecule has 6 amide bonds. The lowest BCUT2D eigenvalue weighted by molar-refractivity contribution is -0.143. The van der Waals surface area contributed by atoms with Crippen LogP contribution in [0, 0.1) is 5.92 Å². The van der Waals surface area contributed by atoms with E-state index in [1.807, 2.05) is 0 Å². The SMILES string of the molecule is CC(C)CC(NC(=O)OCc1ccccc1)C(=O)NC(CCC(N)=O)C(=O)NC(CCC(=O)O)C(=O)NC(CCCCN)C(=O)NC(CCC(=O)O)C(=O)O. The fraction of sp³-hybridized carbons (Fsp3) is 0.571. The van der Waals surface area contributed by atoms with Gasteiger partial charge < -0.3 is 58.1 Å². The third-order valence-corrected chi connectivity index (χ3v) is 7.96. The van der Waals surface area contributed by atoms with Crippen molar-refractivity contribution in [3.63, 3.8) is 0 Å². The van der Waals surface area contributed by atoms with Crippen LogP contribution in [0.15, 0.2) is 30.3 Å². The molecule has 55 heavy (non-hydrogen) atoms. The number of amides is 6. The number of hydrogen-bond acceptors (Lipinski definition) is 11. The van der Waals surface area contributed by atoms with E-state index in [9.17, 15) is 53.4 Å². The number of ether oxygens (including phenoxy) is 1. The van der Waals surface area contributed by atoms with Gasteiger partial charge in [0.25, 0.3) is 0 Å². The molecule has 0 heterocycles. The van der Waals surface area contributed by atoms with Gasteiger partial charge in [-0.15, -0.1) is 0 Å². The summed E-state index contributed by atoms with van der Waals surface area (Å²) >= 11 is 0. The molecule has 0 aliphatic carbocycles. The van der Waals surface area contributed by atoms with Gasteiger partial charge in [-0.05, 0) is 63.0 Å². The van der Waals surface area contributed by atoms with Crippen LogP contribution in [0.5, 0.6) is 0 Å². The van der Waals surface area contributed by atoms with Gasteiger partial charge >= 0.3 is 24.0 Å². The number of rotatable bonds is 27. The normalized spacial score (nSPS) is 13.5. The van der Waals surface area contributed by atoms with Crippen molar-refractivity contribution in [2.45, 2.75) is 115 Å². The van der Waals surface area contributed by atoms with E-state index in [0.717, 1.165) is 0 Å². The molecule has 0 radical (unpaired) electrons. The summed E-state index contributed by atoms with van der Waals surface area (Å²) in [5, 5.41) is 39.7. The Morgan fingerprint density at radius 2 is 1.07 bits per heavy atom. The number of benzene rings is 1. The van der Waals surface area contributed by atoms with E-state index in [2.05, 4.69) is 26.6 Å². The molecule has 1 rings (SSSR count). The van der Waals surface area contributed by atoms with Gasteiger partial charge in [-0.25, -0.2) is 9.59 Å². The molecule has 0 aliphatic rings. The second-order valence-corrected chi connectivity index (χ2v) is 13.1. The van der Waals surface area contributed by atoms with E-state index >= 15 is 0 Å². The number of nitrogens with one attached hydrogen (secondary N) is 5. The number of aliphatic carboxylic acids is 3. The van der Waals surface area contributed by atoms with Gasteiger partial charge in [-0.1, -0.05) is 44.2 Å². The van der Waals surface area contributed by atoms with Crippen LogP contribution in [0.1, 0.15) is 83.6 Å². The van der Waals surface area contributed by atoms with Crippen LogP contribution < -0.4 is 38.1 Å². The number of primary amides is 1. The number of unbranched alkanes of at least 4 members (excludes halogenated alkanes) is 1. The number of carboxylic acid groups (broad SMARTS) is 3. The van der Waals surface area contributed by atoms with E-state index in [0.29, 0.717) is 12.0 Å². The molecule has 0 fully saturated rings. The molecule has 20 heteroatoms. The molecule has 0 saturated carbocycles. The van der Waals surface area contributed by atoms with Gasteiger partial charge in [-0.2, -0.15) is 0 Å². The van der Waals surface area contributed by atoms with Gasteiger partial charge in [-0.3, -0.25) is 33.6 Å². The minimum Gasteiger partial charge on any atom is -0.481 e. The minimum absolute atomic E-state index is 0.0606. The molecule has 306 valence electrons. The largest absolute Gasteiger partial charge is 0.481 e. The molecular formula is C35H53N7O13. The molecule has 0 saturated heterocycles. The van der Waals surface area contributed by atoms with E-state index in [4.69, 9.17) is 21.3 Å². The zero-order valence-electron chi connectivity index (χ0n) is 30.9. The third kappa shape index (κ3) is 20.3. The van der Waals surface area contributed by atoms with Crippen molar-refractivity contribution in [3.8, 4) is 0 Å². The first-order chi connectivity index (χ1) is 25.9. The molecule has 5 unspecified atom stereocenters. The number of carbonyl (C=O) groups is 9. The number of alkyl carbamates (subject to hydrolysis) is 1. The van der Waals surface area contributed by atoms with Crippen LogP contribution in [0.3, 0.4) is 0 Å². The lowest BCUT2D eigenvalue weighted by atomic mass is 10.0. The fourth-order valence-electron chi connectivity index (χ4n) is 5.08. The monoisotopic (exact) mass is 779 g/mol. The van der Waals surface area contributed by atoms with Crippen molar-refractivity contribution in [1.82, 2.24) is 26.6 Å². The lowest BCUT2D eigenvalue weighted by Gasteiger charge is -2.27. The van der Waals surface area contributed by atoms with Gasteiger partial charge in [0.15, 0.2) is 0 Å². The molecule has 0 bridgehead atoms. The summed E-state index contributed by atoms with van der Waals surface area (Å²) in [4.78, 5) is 112. The molecule has 12 N–H and O–H groups in total. The Morgan fingerprint density at radius 1 is 0.618 bits per heavy atom. The smallest absolute Gasteiger partial charge is 0.408 e. The molecule has 1 aromatic rings. The average Bonchev–Trinajstić information content (AvgIpc) is 3.11. The number of carbonyl (C=O) groups excluding carboxylic acids is 6. The van der Waals surface area contributed by atoms with Crippen LogP contribution in [0.4, 0.5) is 4.79 Å². The summed E-state index contributed by atoms with van der Waals surface area (Å²) in [5.41, 5.74) is 11.5. The van der Waals surface area contributed by atoms with Crippen molar-refractivity contribution in [2.75, 3.05) is 6.54 Å². The van der Waals surface area contributed by atoms with Crippen LogP contribution in [-0.2, 0) is 49.7 Å². The topological polar surface area (TPSA) is 336 Å². The van der Waals surface area contributed by atoms with Crippen LogP contribution >= 0.6 is 0 Å². The van der Waals surface area contributed by atoms with Crippen molar-refractivity contribution < 1.29 is 63.2 Å². The first-order valence-electron chi connectivity index (χ1n) is 17.8. The highest BCUT2D eigenvalue weighted by atomic mass is 16.5. The van der Waals surface area contributed by atoms with E-state index in [1.54, 1.807) is 44.2 Å². The van der Waals surface area contributed by atoms with Crippen molar-refractivity contribution >= 4 is 53.5 Å². The van der Waals surface area contributed by atoms with Gasteiger partial charge in [0.05, 0.1) is 0 Å². The molecular weight excluding hydrogens is 726 g/mol. The van der Waals surface area contributed by atoms with Crippen molar-refractivity contribution in [1.29, 1.82) is 0 Å². The van der Waals surface area contributed by atoms with Crippen LogP contribution in [0.2, 0.25) is 0 Å². The van der Waals surface area contributed by atoms with Gasteiger partial charge in [0, 0.05) is 19.3 Å². The predicted octanol–water partition coefficient (Wildman–Crippen LogP) is -0.525. The second-order valence-electron chi connectivity index (χ2n) is 13.1. The second kappa shape index (κ2) is 25.3. The van der Waals surface area contributed by atoms with Gasteiger partial charge in [0.2, 0.25) is 29.5 Å². The number of nitrogens with two attached hydrogens (primary N) is 2. The van der Waals surface area contributed by atoms with Crippen LogP contribution in [0.25, 0.3) is 0 Å². The summed E-state index contributed by atoms with van der Waals surface area (Å²) in [6.45, 7) is 3.69. The summed E-state index contributed by atoms with van der Waals surface area (Å²) in [6.07, 6.45) is -3.13. The van der Waals surface area contributed by atoms with Gasteiger partial charge in [0.1, 0.15) is 36.8 Å². The summed E-state index contributed by atoms with van der Waals surface area (Å²) in [5.74, 6) is -9.02. The Kier molecular flexibility index (Phi) is 21.7. The standard InChI is InChI=1S/C35H53N7O13/c1-20(2)18-26(42-35(54)55-19-21-8-4-3-5-9-21)33(51)40-23(11-14-27(37)43)31(49)39-24(12-15-28(44)45)32(50)38-22(10-6-7-17-36)30(48)41-25(34(52)53)13-16-29(46)47/h3-5,8-9,20,22-26H,6-7,10-19,36H2,1-2H3,(H2,37,43)(H,38,50)(H,39,49)(H,40,51)(H,41,48)(H,42,54)(H,44,45)(H,46,47)(H,52,53). The number of hydrogen-bond donors (Lipinski definition) is 10. The Bertz CT molecular complexity index is 1480. The molecule has 0 spiro atoms. The summed E-state index contributed by atoms with van der Waals surface area (Å²) < 4.78 is 5.23. The predicted molar refractivity (Wildman–Crippen MR) is 193 cm³/mol. The highest BCUT2D eigenvalue weighted by molar-refractivity contribution is 5.96. The quantitative estimate of drug-likeness (QED) is 0.0503. The van der Waals surface area contributed by atoms with E-state index in [-0.39, 0.29) is 44.8 Å². The zero-order chi connectivity index (χ0) is 41.5. The maximum absolute atomic E-state index is 13.6. The van der Waals surface area contributed by atoms with E-state index in [1.165, 1.54) is 0 Å². The highest BCUT2D eigenvalue weighted by Gasteiger charge is 2.33. The zero-order valence-corrected chi connectivity index (χ0v) is 30.9. The Hall–Kier alpha value is -5.79. The Morgan fingerprint density at radius 3 is 1.53 bits per heavy atom. The first kappa shape index (κ1) is 47.2. The Labute approximate surface area is 317 Å². The summed E-state index contributed by atoms with van der Waals surface area (Å²) in [6, 6.07) is 1.36. The van der Waals surface area contributed by atoms with Crippen molar-refractivity contribution in [2.24, 2.45) is 17.4 Å². The molecule has 0 aromatic heterocycles. The fourth-order valence-corrected chi connectivity index (χ4v) is 5.08. The first-order valence-corrected chi connectivity index (χ1v) is 17.8. The van der Waals surface area contributed by atoms with Crippen molar-refractivity contribution in [3.05, 3.63) is 35.9 Å². The molecule has 0 aliphatic heterocycles. The van der Waals surface area contributed by atoms with E-state index < -0.39 is 116 Å². The maximum Gasteiger partial charge on any atom is 0.408 e. The Balaban J connectivity index is 3.26.